The molecule has 3 rings (SSSR count). The topological polar surface area (TPSA) is 146 Å². The van der Waals surface area contributed by atoms with Crippen molar-refractivity contribution in [3.05, 3.63) is 18.2 Å². The van der Waals surface area contributed by atoms with Gasteiger partial charge in [0, 0.05) is 31.9 Å². The second-order valence-corrected chi connectivity index (χ2v) is 7.62. The molecule has 0 aromatic carbocycles. The van der Waals surface area contributed by atoms with Gasteiger partial charge in [-0.15, -0.1) is 0 Å². The lowest BCUT2D eigenvalue weighted by molar-refractivity contribution is -0.153. The quantitative estimate of drug-likeness (QED) is 0.439. The van der Waals surface area contributed by atoms with Crippen LogP contribution in [0.4, 0.5) is 0 Å². The number of carbonyl (C=O) groups is 4. The van der Waals surface area contributed by atoms with E-state index in [-0.39, 0.29) is 24.1 Å². The second kappa shape index (κ2) is 9.24. The van der Waals surface area contributed by atoms with Crippen LogP contribution in [0.1, 0.15) is 32.4 Å². The fourth-order valence-corrected chi connectivity index (χ4v) is 3.88. The predicted octanol–water partition coefficient (Wildman–Crippen LogP) is -1.53. The molecule has 0 radical (unpaired) electrons. The van der Waals surface area contributed by atoms with Crippen molar-refractivity contribution < 1.29 is 23.9 Å². The van der Waals surface area contributed by atoms with Crippen molar-refractivity contribution in [1.82, 2.24) is 30.8 Å². The Hall–Kier alpha value is -2.95. The van der Waals surface area contributed by atoms with Gasteiger partial charge in [0.05, 0.1) is 12.4 Å². The van der Waals surface area contributed by atoms with Crippen molar-refractivity contribution in [1.29, 1.82) is 0 Å². The van der Waals surface area contributed by atoms with Crippen LogP contribution in [-0.4, -0.2) is 82.4 Å². The molecular weight excluding hydrogens is 392 g/mol. The van der Waals surface area contributed by atoms with Gasteiger partial charge in [-0.1, -0.05) is 0 Å². The van der Waals surface area contributed by atoms with Gasteiger partial charge in [0.1, 0.15) is 24.2 Å². The highest BCUT2D eigenvalue weighted by Crippen LogP contribution is 2.20. The Morgan fingerprint density at radius 3 is 2.77 bits per heavy atom. The summed E-state index contributed by atoms with van der Waals surface area (Å²) in [7, 11) is 1.53. The number of nitrogens with one attached hydrogen (secondary N) is 4. The molecule has 0 aliphatic carbocycles. The summed E-state index contributed by atoms with van der Waals surface area (Å²) in [4.78, 5) is 58.7. The summed E-state index contributed by atoms with van der Waals surface area (Å²) >= 11 is 0. The number of nitrogens with zero attached hydrogens (tertiary/aromatic N) is 2. The van der Waals surface area contributed by atoms with Crippen LogP contribution in [0.2, 0.25) is 0 Å². The lowest BCUT2D eigenvalue weighted by atomic mass is 10.1. The molecule has 2 aliphatic rings. The third-order valence-corrected chi connectivity index (χ3v) is 5.52. The normalized spacial score (nSPS) is 27.3. The van der Waals surface area contributed by atoms with Crippen LogP contribution >= 0.6 is 0 Å². The number of imidazole rings is 1. The van der Waals surface area contributed by atoms with Crippen molar-refractivity contribution >= 4 is 23.6 Å². The summed E-state index contributed by atoms with van der Waals surface area (Å²) in [6.45, 7) is 3.73. The molecule has 11 heteroatoms. The standard InChI is InChI=1S/C19H28N6O5/c1-10-15(24-16(26)11(2)30-10)18(28)23-13(7-12-8-21-9-22-12)19(29)25-6-4-5-14(25)17(27)20-3/h8-11,13-15H,4-7H2,1-3H3,(H,20,27)(H,21,22)(H,23,28)(H,24,26)/t10?,11?,13-,14-,15?/m0/s1. The molecule has 30 heavy (non-hydrogen) atoms. The Morgan fingerprint density at radius 1 is 1.33 bits per heavy atom. The lowest BCUT2D eigenvalue weighted by Crippen LogP contribution is -2.63. The van der Waals surface area contributed by atoms with Gasteiger partial charge in [-0.3, -0.25) is 19.2 Å². The van der Waals surface area contributed by atoms with Crippen LogP contribution < -0.4 is 16.0 Å². The maximum absolute atomic E-state index is 13.3. The van der Waals surface area contributed by atoms with Gasteiger partial charge >= 0.3 is 0 Å². The smallest absolute Gasteiger partial charge is 0.249 e. The van der Waals surface area contributed by atoms with Crippen LogP contribution in [0, 0.1) is 0 Å². The minimum Gasteiger partial charge on any atom is -0.363 e. The van der Waals surface area contributed by atoms with Gasteiger partial charge in [-0.05, 0) is 26.7 Å². The van der Waals surface area contributed by atoms with E-state index in [0.717, 1.165) is 0 Å². The first kappa shape index (κ1) is 21.8. The van der Waals surface area contributed by atoms with Crippen molar-refractivity contribution in [2.75, 3.05) is 13.6 Å². The number of aromatic amines is 1. The molecule has 3 unspecified atom stereocenters. The second-order valence-electron chi connectivity index (χ2n) is 7.62. The molecule has 11 nitrogen and oxygen atoms in total. The summed E-state index contributed by atoms with van der Waals surface area (Å²) in [6, 6.07) is -2.41. The van der Waals surface area contributed by atoms with Crippen molar-refractivity contribution in [2.24, 2.45) is 0 Å². The Balaban J connectivity index is 1.77. The Kier molecular flexibility index (Phi) is 6.70. The number of morpholine rings is 1. The number of H-pyrrole nitrogens is 1. The summed E-state index contributed by atoms with van der Waals surface area (Å²) in [6.07, 6.45) is 3.31. The van der Waals surface area contributed by atoms with E-state index in [1.165, 1.54) is 18.3 Å². The number of hydrogen-bond acceptors (Lipinski definition) is 6. The molecule has 1 aromatic heterocycles. The van der Waals surface area contributed by atoms with Gasteiger partial charge in [0.25, 0.3) is 0 Å². The molecule has 2 fully saturated rings. The van der Waals surface area contributed by atoms with E-state index in [1.807, 2.05) is 0 Å². The van der Waals surface area contributed by atoms with Crippen LogP contribution in [0.25, 0.3) is 0 Å². The molecule has 1 aromatic rings. The fourth-order valence-electron chi connectivity index (χ4n) is 3.88. The molecule has 4 amide bonds. The first-order chi connectivity index (χ1) is 14.3. The molecule has 4 N–H and O–H groups in total. The maximum Gasteiger partial charge on any atom is 0.249 e. The maximum atomic E-state index is 13.3. The lowest BCUT2D eigenvalue weighted by Gasteiger charge is -2.34. The number of carbonyl (C=O) groups excluding carboxylic acids is 4. The highest BCUT2D eigenvalue weighted by atomic mass is 16.5. The molecule has 0 saturated carbocycles. The zero-order chi connectivity index (χ0) is 21.8. The first-order valence-electron chi connectivity index (χ1n) is 10.1. The molecule has 5 atom stereocenters. The zero-order valence-electron chi connectivity index (χ0n) is 17.3. The average molecular weight is 420 g/mol. The van der Waals surface area contributed by atoms with E-state index in [1.54, 1.807) is 20.0 Å². The Bertz CT molecular complexity index is 797. The molecule has 0 bridgehead atoms. The van der Waals surface area contributed by atoms with E-state index in [2.05, 4.69) is 25.9 Å². The number of likely N-dealkylation sites (tertiary alicyclic amines) is 1. The molecule has 164 valence electrons. The Labute approximate surface area is 174 Å². The average Bonchev–Trinajstić information content (AvgIpc) is 3.40. The third kappa shape index (κ3) is 4.61. The van der Waals surface area contributed by atoms with Crippen LogP contribution in [0.15, 0.2) is 12.5 Å². The number of likely N-dealkylation sites (N-methyl/N-ethyl adjacent to an activating group) is 1. The first-order valence-corrected chi connectivity index (χ1v) is 10.1. The molecule has 3 heterocycles. The number of aromatic nitrogens is 2. The van der Waals surface area contributed by atoms with Crippen LogP contribution in [0.3, 0.4) is 0 Å². The number of amides is 4. The van der Waals surface area contributed by atoms with Crippen molar-refractivity contribution in [3.8, 4) is 0 Å². The van der Waals surface area contributed by atoms with E-state index < -0.39 is 36.2 Å². The predicted molar refractivity (Wildman–Crippen MR) is 105 cm³/mol. The summed E-state index contributed by atoms with van der Waals surface area (Å²) < 4.78 is 5.51. The van der Waals surface area contributed by atoms with Gasteiger partial charge < -0.3 is 30.6 Å². The van der Waals surface area contributed by atoms with Crippen LogP contribution in [0.5, 0.6) is 0 Å². The van der Waals surface area contributed by atoms with Gasteiger partial charge in [-0.2, -0.15) is 0 Å². The SMILES string of the molecule is CNC(=O)[C@@H]1CCCN1C(=O)[C@H](Cc1cnc[nH]1)NC(=O)C1NC(=O)C(C)OC1C. The van der Waals surface area contributed by atoms with E-state index in [4.69, 9.17) is 4.74 Å². The molecule has 0 spiro atoms. The van der Waals surface area contributed by atoms with Gasteiger partial charge in [0.2, 0.25) is 23.6 Å². The van der Waals surface area contributed by atoms with E-state index in [9.17, 15) is 19.2 Å². The summed E-state index contributed by atoms with van der Waals surface area (Å²) in [5.41, 5.74) is 0.662. The Morgan fingerprint density at radius 2 is 2.10 bits per heavy atom. The molecule has 2 saturated heterocycles. The summed E-state index contributed by atoms with van der Waals surface area (Å²) in [5.74, 6) is -1.49. The van der Waals surface area contributed by atoms with Crippen LogP contribution in [-0.2, 0) is 30.3 Å². The van der Waals surface area contributed by atoms with E-state index in [0.29, 0.717) is 25.1 Å². The van der Waals surface area contributed by atoms with Gasteiger partial charge in [-0.25, -0.2) is 4.98 Å². The highest BCUT2D eigenvalue weighted by Gasteiger charge is 2.40. The number of ether oxygens (including phenoxy) is 1. The minimum absolute atomic E-state index is 0.174. The highest BCUT2D eigenvalue weighted by molar-refractivity contribution is 5.95. The van der Waals surface area contributed by atoms with Gasteiger partial charge in [0.15, 0.2) is 0 Å². The van der Waals surface area contributed by atoms with Crippen molar-refractivity contribution in [3.63, 3.8) is 0 Å². The van der Waals surface area contributed by atoms with E-state index >= 15 is 0 Å². The van der Waals surface area contributed by atoms with Crippen molar-refractivity contribution in [2.45, 2.75) is 63.4 Å². The largest absolute Gasteiger partial charge is 0.363 e. The zero-order valence-corrected chi connectivity index (χ0v) is 17.3. The molecule has 2 aliphatic heterocycles. The minimum atomic E-state index is -0.924. The summed E-state index contributed by atoms with van der Waals surface area (Å²) in [5, 5.41) is 7.96. The number of rotatable bonds is 6. The molecular formula is C19H28N6O5. The monoisotopic (exact) mass is 420 g/mol. The number of hydrogen-bond donors (Lipinski definition) is 4. The fraction of sp³-hybridized carbons (Fsp3) is 0.632. The third-order valence-electron chi connectivity index (χ3n) is 5.52.